The highest BCUT2D eigenvalue weighted by Crippen LogP contribution is 2.31. The predicted molar refractivity (Wildman–Crippen MR) is 119 cm³/mol. The second-order valence-corrected chi connectivity index (χ2v) is 7.74. The van der Waals surface area contributed by atoms with Crippen molar-refractivity contribution in [2.75, 3.05) is 10.6 Å². The lowest BCUT2D eigenvalue weighted by atomic mass is 9.84. The van der Waals surface area contributed by atoms with Crippen LogP contribution < -0.4 is 10.6 Å². The van der Waals surface area contributed by atoms with Crippen LogP contribution in [-0.4, -0.2) is 31.1 Å². The first kappa shape index (κ1) is 21.1. The number of aromatic nitrogens is 5. The number of carbonyl (C=O) groups excluding carboxylic acids is 1. The van der Waals surface area contributed by atoms with Gasteiger partial charge in [0.25, 0.3) is 5.91 Å². The molecule has 0 unspecified atom stereocenters. The Bertz CT molecular complexity index is 1200. The van der Waals surface area contributed by atoms with Gasteiger partial charge >= 0.3 is 0 Å². The van der Waals surface area contributed by atoms with Crippen LogP contribution in [-0.2, 0) is 12.0 Å². The molecule has 0 atom stereocenters. The Morgan fingerprint density at radius 3 is 2.53 bits per heavy atom. The van der Waals surface area contributed by atoms with E-state index in [-0.39, 0.29) is 5.91 Å². The second-order valence-electron chi connectivity index (χ2n) is 7.74. The Kier molecular flexibility index (Phi) is 5.89. The number of benzene rings is 1. The quantitative estimate of drug-likeness (QED) is 0.456. The topological polar surface area (TPSA) is 119 Å². The molecular formula is C23H23N7O2. The van der Waals surface area contributed by atoms with Crippen molar-refractivity contribution in [1.29, 1.82) is 0 Å². The lowest BCUT2D eigenvalue weighted by Crippen LogP contribution is -2.20. The number of rotatable bonds is 7. The van der Waals surface area contributed by atoms with Crippen molar-refractivity contribution in [3.8, 4) is 0 Å². The molecule has 3 aromatic heterocycles. The first-order valence-corrected chi connectivity index (χ1v) is 10.1. The van der Waals surface area contributed by atoms with E-state index in [1.807, 2.05) is 38.1 Å². The predicted octanol–water partition coefficient (Wildman–Crippen LogP) is 3.75. The zero-order valence-corrected chi connectivity index (χ0v) is 18.0. The van der Waals surface area contributed by atoms with Gasteiger partial charge in [0, 0.05) is 25.0 Å². The van der Waals surface area contributed by atoms with E-state index in [4.69, 9.17) is 4.42 Å². The Morgan fingerprint density at radius 1 is 1.03 bits per heavy atom. The minimum absolute atomic E-state index is 0.261. The number of hydrogen-bond donors (Lipinski definition) is 2. The summed E-state index contributed by atoms with van der Waals surface area (Å²) in [6.45, 7) is 6.22. The molecule has 0 radical (unpaired) electrons. The fourth-order valence-electron chi connectivity index (χ4n) is 3.17. The Labute approximate surface area is 185 Å². The number of amides is 1. The monoisotopic (exact) mass is 429 g/mol. The molecule has 0 bridgehead atoms. The molecule has 162 valence electrons. The van der Waals surface area contributed by atoms with Crippen LogP contribution in [0.3, 0.4) is 0 Å². The molecule has 3 heterocycles. The van der Waals surface area contributed by atoms with Crippen molar-refractivity contribution in [2.24, 2.45) is 0 Å². The number of aryl methyl sites for hydroxylation is 1. The Morgan fingerprint density at radius 2 is 1.84 bits per heavy atom. The maximum absolute atomic E-state index is 12.9. The molecular weight excluding hydrogens is 406 g/mol. The van der Waals surface area contributed by atoms with Crippen LogP contribution in [0.1, 0.15) is 47.2 Å². The molecule has 0 aliphatic rings. The first-order valence-electron chi connectivity index (χ1n) is 10.1. The molecule has 0 aliphatic carbocycles. The van der Waals surface area contributed by atoms with Gasteiger partial charge in [0.2, 0.25) is 11.8 Å². The van der Waals surface area contributed by atoms with E-state index >= 15 is 0 Å². The highest BCUT2D eigenvalue weighted by atomic mass is 16.4. The molecule has 32 heavy (non-hydrogen) atoms. The van der Waals surface area contributed by atoms with E-state index in [9.17, 15) is 4.79 Å². The standard InChI is InChI=1S/C23H23N7O2/c1-15-29-30-22(32-15)23(2,3)16-6-8-17(9-7-16)28-21(31)19-5-4-11-25-20(19)26-13-18-10-12-24-14-27-18/h4-12,14H,13H2,1-3H3,(H,25,26)(H,28,31). The van der Waals surface area contributed by atoms with Gasteiger partial charge in [-0.05, 0) is 49.7 Å². The first-order chi connectivity index (χ1) is 15.4. The van der Waals surface area contributed by atoms with Crippen molar-refractivity contribution in [3.05, 3.63) is 89.8 Å². The van der Waals surface area contributed by atoms with E-state index < -0.39 is 5.41 Å². The van der Waals surface area contributed by atoms with E-state index in [0.717, 1.165) is 11.3 Å². The van der Waals surface area contributed by atoms with Gasteiger partial charge in [-0.3, -0.25) is 4.79 Å². The largest absolute Gasteiger partial charge is 0.425 e. The minimum Gasteiger partial charge on any atom is -0.425 e. The number of carbonyl (C=O) groups is 1. The van der Waals surface area contributed by atoms with Crippen LogP contribution >= 0.6 is 0 Å². The summed E-state index contributed by atoms with van der Waals surface area (Å²) >= 11 is 0. The molecule has 4 rings (SSSR count). The summed E-state index contributed by atoms with van der Waals surface area (Å²) in [7, 11) is 0. The third kappa shape index (κ3) is 4.61. The Hall–Kier alpha value is -4.14. The maximum atomic E-state index is 12.9. The van der Waals surface area contributed by atoms with Crippen LogP contribution in [0.4, 0.5) is 11.5 Å². The van der Waals surface area contributed by atoms with E-state index in [2.05, 4.69) is 35.8 Å². The molecule has 0 saturated carbocycles. The number of pyridine rings is 1. The van der Waals surface area contributed by atoms with Gasteiger partial charge in [0.15, 0.2) is 0 Å². The summed E-state index contributed by atoms with van der Waals surface area (Å²) in [5.74, 6) is 1.29. The zero-order valence-electron chi connectivity index (χ0n) is 18.0. The molecule has 0 saturated heterocycles. The average molecular weight is 429 g/mol. The minimum atomic E-state index is -0.453. The molecule has 4 aromatic rings. The van der Waals surface area contributed by atoms with Crippen molar-refractivity contribution >= 4 is 17.4 Å². The summed E-state index contributed by atoms with van der Waals surface area (Å²) in [6.07, 6.45) is 4.78. The highest BCUT2D eigenvalue weighted by Gasteiger charge is 2.29. The number of nitrogens with zero attached hydrogens (tertiary/aromatic N) is 5. The average Bonchev–Trinajstić information content (AvgIpc) is 3.26. The molecule has 1 amide bonds. The molecule has 9 nitrogen and oxygen atoms in total. The summed E-state index contributed by atoms with van der Waals surface area (Å²) < 4.78 is 5.61. The normalized spacial score (nSPS) is 11.2. The summed E-state index contributed by atoms with van der Waals surface area (Å²) in [4.78, 5) is 25.3. The summed E-state index contributed by atoms with van der Waals surface area (Å²) in [5.41, 5.74) is 2.44. The van der Waals surface area contributed by atoms with Crippen LogP contribution in [0.15, 0.2) is 65.6 Å². The zero-order chi connectivity index (χ0) is 22.6. The summed E-state index contributed by atoms with van der Waals surface area (Å²) in [5, 5.41) is 14.1. The smallest absolute Gasteiger partial charge is 0.259 e. The molecule has 0 aliphatic heterocycles. The molecule has 0 fully saturated rings. The number of nitrogens with one attached hydrogen (secondary N) is 2. The molecule has 1 aromatic carbocycles. The molecule has 2 N–H and O–H groups in total. The van der Waals surface area contributed by atoms with Gasteiger partial charge in [-0.25, -0.2) is 15.0 Å². The van der Waals surface area contributed by atoms with Gasteiger partial charge in [-0.1, -0.05) is 12.1 Å². The molecule has 9 heteroatoms. The fraction of sp³-hybridized carbons (Fsp3) is 0.217. The van der Waals surface area contributed by atoms with Crippen LogP contribution in [0.2, 0.25) is 0 Å². The third-order valence-electron chi connectivity index (χ3n) is 5.06. The van der Waals surface area contributed by atoms with Crippen LogP contribution in [0, 0.1) is 6.92 Å². The van der Waals surface area contributed by atoms with Crippen molar-refractivity contribution in [3.63, 3.8) is 0 Å². The maximum Gasteiger partial charge on any atom is 0.259 e. The Balaban J connectivity index is 1.46. The van der Waals surface area contributed by atoms with Crippen molar-refractivity contribution < 1.29 is 9.21 Å². The van der Waals surface area contributed by atoms with Gasteiger partial charge in [-0.15, -0.1) is 10.2 Å². The van der Waals surface area contributed by atoms with Gasteiger partial charge in [-0.2, -0.15) is 0 Å². The van der Waals surface area contributed by atoms with E-state index in [0.29, 0.717) is 35.4 Å². The van der Waals surface area contributed by atoms with E-state index in [1.54, 1.807) is 37.5 Å². The second kappa shape index (κ2) is 8.93. The number of hydrogen-bond acceptors (Lipinski definition) is 8. The van der Waals surface area contributed by atoms with Gasteiger partial charge in [0.05, 0.1) is 23.2 Å². The van der Waals surface area contributed by atoms with Gasteiger partial charge in [0.1, 0.15) is 12.1 Å². The van der Waals surface area contributed by atoms with Gasteiger partial charge < -0.3 is 15.1 Å². The lowest BCUT2D eigenvalue weighted by molar-refractivity contribution is 0.102. The SMILES string of the molecule is Cc1nnc(C(C)(C)c2ccc(NC(=O)c3cccnc3NCc3ccncn3)cc2)o1. The highest BCUT2D eigenvalue weighted by molar-refractivity contribution is 6.07. The van der Waals surface area contributed by atoms with E-state index in [1.165, 1.54) is 6.33 Å². The van der Waals surface area contributed by atoms with Crippen LogP contribution in [0.5, 0.6) is 0 Å². The lowest BCUT2D eigenvalue weighted by Gasteiger charge is -2.21. The third-order valence-corrected chi connectivity index (χ3v) is 5.06. The fourth-order valence-corrected chi connectivity index (χ4v) is 3.17. The van der Waals surface area contributed by atoms with Crippen LogP contribution in [0.25, 0.3) is 0 Å². The molecule has 0 spiro atoms. The number of anilines is 2. The van der Waals surface area contributed by atoms with Crippen molar-refractivity contribution in [2.45, 2.75) is 32.7 Å². The summed E-state index contributed by atoms with van der Waals surface area (Å²) in [6, 6.07) is 12.8. The van der Waals surface area contributed by atoms with Crippen molar-refractivity contribution in [1.82, 2.24) is 25.1 Å².